The van der Waals surface area contributed by atoms with Crippen LogP contribution in [0.3, 0.4) is 0 Å². The zero-order valence-corrected chi connectivity index (χ0v) is 13.1. The molecular formula is C17H25N3O. The third kappa shape index (κ3) is 2.89. The van der Waals surface area contributed by atoms with Crippen LogP contribution in [0.4, 0.5) is 5.82 Å². The molecule has 1 amide bonds. The molecule has 21 heavy (non-hydrogen) atoms. The van der Waals surface area contributed by atoms with E-state index in [0.717, 1.165) is 44.0 Å². The summed E-state index contributed by atoms with van der Waals surface area (Å²) in [5.74, 6) is 1.28. The molecular weight excluding hydrogens is 262 g/mol. The van der Waals surface area contributed by atoms with Gasteiger partial charge in [-0.15, -0.1) is 0 Å². The summed E-state index contributed by atoms with van der Waals surface area (Å²) in [5, 5.41) is 0. The van der Waals surface area contributed by atoms with E-state index >= 15 is 0 Å². The maximum Gasteiger partial charge on any atom is 0.219 e. The number of carbonyl (C=O) groups is 1. The van der Waals surface area contributed by atoms with Crippen molar-refractivity contribution in [3.8, 4) is 0 Å². The van der Waals surface area contributed by atoms with E-state index in [1.54, 1.807) is 6.92 Å². The molecule has 0 bridgehead atoms. The Labute approximate surface area is 127 Å². The number of amides is 1. The van der Waals surface area contributed by atoms with E-state index in [-0.39, 0.29) is 11.9 Å². The molecule has 2 fully saturated rings. The number of pyridine rings is 1. The van der Waals surface area contributed by atoms with Crippen molar-refractivity contribution in [2.24, 2.45) is 0 Å². The van der Waals surface area contributed by atoms with Gasteiger partial charge < -0.3 is 9.80 Å². The Balaban J connectivity index is 1.85. The molecule has 0 aliphatic carbocycles. The van der Waals surface area contributed by atoms with E-state index in [1.807, 2.05) is 4.90 Å². The monoisotopic (exact) mass is 287 g/mol. The van der Waals surface area contributed by atoms with Gasteiger partial charge >= 0.3 is 0 Å². The quantitative estimate of drug-likeness (QED) is 0.839. The number of aromatic nitrogens is 1. The average molecular weight is 287 g/mol. The van der Waals surface area contributed by atoms with Crippen molar-refractivity contribution in [1.82, 2.24) is 9.88 Å². The molecule has 2 aliphatic heterocycles. The molecule has 1 aromatic heterocycles. The van der Waals surface area contributed by atoms with Gasteiger partial charge in [0.25, 0.3) is 0 Å². The fraction of sp³-hybridized carbons (Fsp3) is 0.647. The third-order valence-corrected chi connectivity index (χ3v) is 4.81. The molecule has 0 N–H and O–H groups in total. The van der Waals surface area contributed by atoms with E-state index in [4.69, 9.17) is 4.98 Å². The predicted octanol–water partition coefficient (Wildman–Crippen LogP) is 3.06. The minimum absolute atomic E-state index is 0.183. The summed E-state index contributed by atoms with van der Waals surface area (Å²) in [5.41, 5.74) is 2.31. The van der Waals surface area contributed by atoms with Crippen LogP contribution in [-0.2, 0) is 4.79 Å². The highest BCUT2D eigenvalue weighted by atomic mass is 16.2. The summed E-state index contributed by atoms with van der Waals surface area (Å²) in [6.45, 7) is 6.89. The fourth-order valence-corrected chi connectivity index (χ4v) is 3.66. The van der Waals surface area contributed by atoms with Crippen LogP contribution in [-0.4, -0.2) is 35.4 Å². The van der Waals surface area contributed by atoms with Gasteiger partial charge in [0, 0.05) is 32.3 Å². The molecule has 1 unspecified atom stereocenters. The maximum atomic E-state index is 11.9. The van der Waals surface area contributed by atoms with Gasteiger partial charge in [0.05, 0.1) is 6.04 Å². The van der Waals surface area contributed by atoms with Crippen molar-refractivity contribution in [1.29, 1.82) is 0 Å². The van der Waals surface area contributed by atoms with Gasteiger partial charge in [-0.2, -0.15) is 0 Å². The summed E-state index contributed by atoms with van der Waals surface area (Å²) >= 11 is 0. The Hall–Kier alpha value is -1.58. The number of hydrogen-bond donors (Lipinski definition) is 0. The molecule has 3 heterocycles. The van der Waals surface area contributed by atoms with Gasteiger partial charge in [-0.1, -0.05) is 6.07 Å². The van der Waals surface area contributed by atoms with E-state index in [9.17, 15) is 4.79 Å². The highest BCUT2D eigenvalue weighted by Gasteiger charge is 2.27. The maximum absolute atomic E-state index is 11.9. The second kappa shape index (κ2) is 6.04. The SMILES string of the molecule is CC(=O)N1CCCCC1c1ccc(N2CCCC2)nc1C. The number of likely N-dealkylation sites (tertiary alicyclic amines) is 1. The van der Waals surface area contributed by atoms with Crippen LogP contribution < -0.4 is 4.90 Å². The Bertz CT molecular complexity index is 523. The summed E-state index contributed by atoms with van der Waals surface area (Å²) < 4.78 is 0. The van der Waals surface area contributed by atoms with Crippen molar-refractivity contribution < 1.29 is 4.79 Å². The van der Waals surface area contributed by atoms with Crippen LogP contribution in [0.1, 0.15) is 56.3 Å². The van der Waals surface area contributed by atoms with Gasteiger partial charge in [0.1, 0.15) is 5.82 Å². The Kier molecular flexibility index (Phi) is 4.13. The number of hydrogen-bond acceptors (Lipinski definition) is 3. The first kappa shape index (κ1) is 14.4. The van der Waals surface area contributed by atoms with Crippen molar-refractivity contribution >= 4 is 11.7 Å². The van der Waals surface area contributed by atoms with Gasteiger partial charge in [-0.25, -0.2) is 4.98 Å². The van der Waals surface area contributed by atoms with Crippen LogP contribution in [0, 0.1) is 6.92 Å². The molecule has 0 radical (unpaired) electrons. The highest BCUT2D eigenvalue weighted by Crippen LogP contribution is 2.33. The van der Waals surface area contributed by atoms with Crippen LogP contribution in [0.2, 0.25) is 0 Å². The first-order valence-electron chi connectivity index (χ1n) is 8.16. The zero-order chi connectivity index (χ0) is 14.8. The third-order valence-electron chi connectivity index (χ3n) is 4.81. The van der Waals surface area contributed by atoms with Gasteiger partial charge in [-0.05, 0) is 50.7 Å². The summed E-state index contributed by atoms with van der Waals surface area (Å²) in [6.07, 6.45) is 5.91. The van der Waals surface area contributed by atoms with Gasteiger partial charge in [0.15, 0.2) is 0 Å². The molecule has 2 saturated heterocycles. The molecule has 114 valence electrons. The van der Waals surface area contributed by atoms with Gasteiger partial charge in [-0.3, -0.25) is 4.79 Å². The second-order valence-corrected chi connectivity index (χ2v) is 6.26. The van der Waals surface area contributed by atoms with Gasteiger partial charge in [0.2, 0.25) is 5.91 Å². The van der Waals surface area contributed by atoms with E-state index in [2.05, 4.69) is 24.0 Å². The molecule has 3 rings (SSSR count). The number of piperidine rings is 1. The number of nitrogens with zero attached hydrogens (tertiary/aromatic N) is 3. The Morgan fingerprint density at radius 1 is 1.14 bits per heavy atom. The minimum Gasteiger partial charge on any atom is -0.357 e. The molecule has 1 aromatic rings. The molecule has 4 heteroatoms. The smallest absolute Gasteiger partial charge is 0.219 e. The van der Waals surface area contributed by atoms with E-state index < -0.39 is 0 Å². The summed E-state index contributed by atoms with van der Waals surface area (Å²) in [6, 6.07) is 4.55. The topological polar surface area (TPSA) is 36.4 Å². The van der Waals surface area contributed by atoms with Crippen LogP contribution >= 0.6 is 0 Å². The van der Waals surface area contributed by atoms with Crippen LogP contribution in [0.25, 0.3) is 0 Å². The fourth-order valence-electron chi connectivity index (χ4n) is 3.66. The molecule has 4 nitrogen and oxygen atoms in total. The summed E-state index contributed by atoms with van der Waals surface area (Å²) in [4.78, 5) is 21.1. The van der Waals surface area contributed by atoms with Crippen LogP contribution in [0.15, 0.2) is 12.1 Å². The van der Waals surface area contributed by atoms with Crippen molar-refractivity contribution in [3.63, 3.8) is 0 Å². The lowest BCUT2D eigenvalue weighted by Crippen LogP contribution is -2.37. The lowest BCUT2D eigenvalue weighted by molar-refractivity contribution is -0.132. The number of carbonyl (C=O) groups excluding carboxylic acids is 1. The first-order chi connectivity index (χ1) is 10.2. The average Bonchev–Trinajstić information content (AvgIpc) is 3.01. The van der Waals surface area contributed by atoms with Crippen LogP contribution in [0.5, 0.6) is 0 Å². The molecule has 0 aromatic carbocycles. The lowest BCUT2D eigenvalue weighted by atomic mass is 9.94. The summed E-state index contributed by atoms with van der Waals surface area (Å²) in [7, 11) is 0. The molecule has 0 saturated carbocycles. The van der Waals surface area contributed by atoms with E-state index in [0.29, 0.717) is 0 Å². The second-order valence-electron chi connectivity index (χ2n) is 6.26. The highest BCUT2D eigenvalue weighted by molar-refractivity contribution is 5.74. The molecule has 2 aliphatic rings. The Morgan fingerprint density at radius 2 is 1.86 bits per heavy atom. The minimum atomic E-state index is 0.183. The standard InChI is InChI=1S/C17H25N3O/c1-13-15(16-7-3-4-12-20(16)14(2)21)8-9-17(18-13)19-10-5-6-11-19/h8-9,16H,3-7,10-12H2,1-2H3. The zero-order valence-electron chi connectivity index (χ0n) is 13.1. The first-order valence-corrected chi connectivity index (χ1v) is 8.16. The Morgan fingerprint density at radius 3 is 2.52 bits per heavy atom. The van der Waals surface area contributed by atoms with Crippen molar-refractivity contribution in [2.45, 2.75) is 52.0 Å². The molecule has 0 spiro atoms. The lowest BCUT2D eigenvalue weighted by Gasteiger charge is -2.36. The number of anilines is 1. The predicted molar refractivity (Wildman–Crippen MR) is 84.4 cm³/mol. The van der Waals surface area contributed by atoms with Crippen molar-refractivity contribution in [2.75, 3.05) is 24.5 Å². The normalized spacial score (nSPS) is 22.7. The largest absolute Gasteiger partial charge is 0.357 e. The molecule has 1 atom stereocenters. The number of aryl methyl sites for hydroxylation is 1. The van der Waals surface area contributed by atoms with E-state index in [1.165, 1.54) is 24.8 Å². The number of rotatable bonds is 2. The van der Waals surface area contributed by atoms with Crippen molar-refractivity contribution in [3.05, 3.63) is 23.4 Å².